The first kappa shape index (κ1) is 23.9. The number of ether oxygens (including phenoxy) is 1. The SMILES string of the molecule is O=C1NC(=O)N(c2ccc(F)cc2)C(=O)/C1=C/c1cc(Br)ccc1OCc1ccc(Cl)cc1Cl. The van der Waals surface area contributed by atoms with Gasteiger partial charge in [-0.3, -0.25) is 14.9 Å². The number of urea groups is 1. The molecule has 0 radical (unpaired) electrons. The van der Waals surface area contributed by atoms with Gasteiger partial charge in [0.15, 0.2) is 0 Å². The van der Waals surface area contributed by atoms with Gasteiger partial charge >= 0.3 is 6.03 Å². The number of hydrogen-bond acceptors (Lipinski definition) is 4. The van der Waals surface area contributed by atoms with Crippen molar-refractivity contribution in [2.24, 2.45) is 0 Å². The van der Waals surface area contributed by atoms with Crippen LogP contribution in [0.15, 0.2) is 70.7 Å². The second-order valence-corrected chi connectivity index (χ2v) is 8.90. The monoisotopic (exact) mass is 562 g/mol. The van der Waals surface area contributed by atoms with Gasteiger partial charge in [-0.05, 0) is 60.7 Å². The average molecular weight is 564 g/mol. The zero-order valence-corrected chi connectivity index (χ0v) is 20.2. The number of imide groups is 2. The van der Waals surface area contributed by atoms with Crippen LogP contribution in [0.25, 0.3) is 6.08 Å². The van der Waals surface area contributed by atoms with E-state index in [2.05, 4.69) is 21.2 Å². The highest BCUT2D eigenvalue weighted by Crippen LogP contribution is 2.30. The van der Waals surface area contributed by atoms with Gasteiger partial charge < -0.3 is 4.74 Å². The van der Waals surface area contributed by atoms with Crippen molar-refractivity contribution in [2.75, 3.05) is 4.90 Å². The number of rotatable bonds is 5. The first-order valence-electron chi connectivity index (χ1n) is 9.76. The van der Waals surface area contributed by atoms with Crippen molar-refractivity contribution >= 4 is 68.7 Å². The number of benzene rings is 3. The molecular formula is C24H14BrCl2FN2O4. The Labute approximate surface area is 212 Å². The first-order chi connectivity index (χ1) is 16.2. The third-order valence-corrected chi connectivity index (χ3v) is 5.94. The number of halogens is 4. The molecule has 0 aromatic heterocycles. The maximum absolute atomic E-state index is 13.3. The molecule has 3 aromatic rings. The van der Waals surface area contributed by atoms with Crippen molar-refractivity contribution < 1.29 is 23.5 Å². The van der Waals surface area contributed by atoms with Crippen LogP contribution in [-0.4, -0.2) is 17.8 Å². The summed E-state index contributed by atoms with van der Waals surface area (Å²) in [5.41, 5.74) is 0.917. The molecule has 1 heterocycles. The average Bonchev–Trinajstić information content (AvgIpc) is 2.78. The molecule has 1 saturated heterocycles. The molecule has 10 heteroatoms. The lowest BCUT2D eigenvalue weighted by Gasteiger charge is -2.26. The quantitative estimate of drug-likeness (QED) is 0.299. The molecule has 1 aliphatic heterocycles. The van der Waals surface area contributed by atoms with E-state index < -0.39 is 23.7 Å². The maximum Gasteiger partial charge on any atom is 0.335 e. The van der Waals surface area contributed by atoms with Gasteiger partial charge in [0.1, 0.15) is 23.7 Å². The van der Waals surface area contributed by atoms with Gasteiger partial charge in [0.05, 0.1) is 5.69 Å². The Balaban J connectivity index is 1.67. The van der Waals surface area contributed by atoms with E-state index in [4.69, 9.17) is 27.9 Å². The van der Waals surface area contributed by atoms with Crippen molar-refractivity contribution in [3.8, 4) is 5.75 Å². The molecule has 6 nitrogen and oxygen atoms in total. The van der Waals surface area contributed by atoms with Gasteiger partial charge in [0.2, 0.25) is 0 Å². The highest BCUT2D eigenvalue weighted by molar-refractivity contribution is 9.10. The van der Waals surface area contributed by atoms with Crippen molar-refractivity contribution in [3.63, 3.8) is 0 Å². The third kappa shape index (κ3) is 5.14. The van der Waals surface area contributed by atoms with Crippen molar-refractivity contribution in [1.29, 1.82) is 0 Å². The van der Waals surface area contributed by atoms with Gasteiger partial charge in [0, 0.05) is 25.6 Å². The summed E-state index contributed by atoms with van der Waals surface area (Å²) in [7, 11) is 0. The maximum atomic E-state index is 13.3. The molecule has 34 heavy (non-hydrogen) atoms. The van der Waals surface area contributed by atoms with E-state index in [0.717, 1.165) is 17.0 Å². The minimum Gasteiger partial charge on any atom is -0.488 e. The van der Waals surface area contributed by atoms with Crippen LogP contribution >= 0.6 is 39.1 Å². The second-order valence-electron chi connectivity index (χ2n) is 7.14. The molecule has 4 amide bonds. The lowest BCUT2D eigenvalue weighted by Crippen LogP contribution is -2.54. The van der Waals surface area contributed by atoms with Crippen LogP contribution in [0.3, 0.4) is 0 Å². The smallest absolute Gasteiger partial charge is 0.335 e. The van der Waals surface area contributed by atoms with E-state index in [1.165, 1.54) is 18.2 Å². The molecule has 172 valence electrons. The van der Waals surface area contributed by atoms with Crippen molar-refractivity contribution in [2.45, 2.75) is 6.61 Å². The summed E-state index contributed by atoms with van der Waals surface area (Å²) in [4.78, 5) is 38.7. The Morgan fingerprint density at radius 1 is 1.00 bits per heavy atom. The molecule has 1 N–H and O–H groups in total. The van der Waals surface area contributed by atoms with Crippen LogP contribution in [0.1, 0.15) is 11.1 Å². The van der Waals surface area contributed by atoms with Crippen LogP contribution in [0.5, 0.6) is 5.75 Å². The van der Waals surface area contributed by atoms with Crippen LogP contribution < -0.4 is 15.0 Å². The first-order valence-corrected chi connectivity index (χ1v) is 11.3. The molecule has 0 spiro atoms. The number of barbiturate groups is 1. The number of carbonyl (C=O) groups excluding carboxylic acids is 3. The fourth-order valence-corrected chi connectivity index (χ4v) is 4.04. The van der Waals surface area contributed by atoms with E-state index in [9.17, 15) is 18.8 Å². The molecule has 0 saturated carbocycles. The molecular weight excluding hydrogens is 550 g/mol. The minimum absolute atomic E-state index is 0.105. The van der Waals surface area contributed by atoms with Gasteiger partial charge in [-0.15, -0.1) is 0 Å². The van der Waals surface area contributed by atoms with Crippen LogP contribution in [0.4, 0.5) is 14.9 Å². The molecule has 4 rings (SSSR count). The van der Waals surface area contributed by atoms with Crippen LogP contribution in [-0.2, 0) is 16.2 Å². The standard InChI is InChI=1S/C24H14BrCl2FN2O4/c25-15-2-8-21(34-12-13-1-3-16(26)11-20(13)27)14(9-15)10-19-22(31)29-24(33)30(23(19)32)18-6-4-17(28)5-7-18/h1-11H,12H2,(H,29,31,33)/b19-10+. The Bertz CT molecular complexity index is 1350. The molecule has 0 unspecified atom stereocenters. The van der Waals surface area contributed by atoms with E-state index >= 15 is 0 Å². The minimum atomic E-state index is -0.929. The summed E-state index contributed by atoms with van der Waals surface area (Å²) in [5, 5.41) is 3.05. The van der Waals surface area contributed by atoms with Crippen molar-refractivity contribution in [3.05, 3.63) is 97.7 Å². The summed E-state index contributed by atoms with van der Waals surface area (Å²) < 4.78 is 19.9. The zero-order valence-electron chi connectivity index (χ0n) is 17.2. The number of hydrogen-bond donors (Lipinski definition) is 1. The number of carbonyl (C=O) groups is 3. The summed E-state index contributed by atoms with van der Waals surface area (Å²) in [6.07, 6.45) is 1.32. The van der Waals surface area contributed by atoms with E-state index in [1.807, 2.05) is 0 Å². The van der Waals surface area contributed by atoms with Gasteiger partial charge in [-0.1, -0.05) is 45.2 Å². The summed E-state index contributed by atoms with van der Waals surface area (Å²) in [6.45, 7) is 0.105. The van der Waals surface area contributed by atoms with Gasteiger partial charge in [-0.2, -0.15) is 0 Å². The number of anilines is 1. The van der Waals surface area contributed by atoms with Crippen molar-refractivity contribution in [1.82, 2.24) is 5.32 Å². The molecule has 3 aromatic carbocycles. The predicted octanol–water partition coefficient (Wildman–Crippen LogP) is 6.14. The fraction of sp³-hybridized carbons (Fsp3) is 0.0417. The molecule has 1 fully saturated rings. The molecule has 0 bridgehead atoms. The molecule has 0 atom stereocenters. The van der Waals surface area contributed by atoms with E-state index in [-0.39, 0.29) is 17.9 Å². The Hall–Kier alpha value is -3.20. The van der Waals surface area contributed by atoms with E-state index in [0.29, 0.717) is 31.4 Å². The highest BCUT2D eigenvalue weighted by Gasteiger charge is 2.37. The topological polar surface area (TPSA) is 75.7 Å². The zero-order chi connectivity index (χ0) is 24.4. The highest BCUT2D eigenvalue weighted by atomic mass is 79.9. The normalized spacial score (nSPS) is 15.0. The number of amides is 4. The Kier molecular flexibility index (Phi) is 7.02. The second kappa shape index (κ2) is 9.97. The fourth-order valence-electron chi connectivity index (χ4n) is 3.20. The molecule has 1 aliphatic rings. The van der Waals surface area contributed by atoms with Crippen LogP contribution in [0, 0.1) is 5.82 Å². The van der Waals surface area contributed by atoms with Gasteiger partial charge in [-0.25, -0.2) is 14.1 Å². The summed E-state index contributed by atoms with van der Waals surface area (Å²) >= 11 is 15.5. The van der Waals surface area contributed by atoms with Gasteiger partial charge in [0.25, 0.3) is 11.8 Å². The number of nitrogens with one attached hydrogen (secondary N) is 1. The molecule has 0 aliphatic carbocycles. The van der Waals surface area contributed by atoms with E-state index in [1.54, 1.807) is 36.4 Å². The lowest BCUT2D eigenvalue weighted by atomic mass is 10.1. The summed E-state index contributed by atoms with van der Waals surface area (Å²) in [5.74, 6) is -1.88. The summed E-state index contributed by atoms with van der Waals surface area (Å²) in [6, 6.07) is 13.9. The lowest BCUT2D eigenvalue weighted by molar-refractivity contribution is -0.122. The van der Waals surface area contributed by atoms with Crippen LogP contribution in [0.2, 0.25) is 10.0 Å². The Morgan fingerprint density at radius 3 is 2.44 bits per heavy atom. The predicted molar refractivity (Wildman–Crippen MR) is 130 cm³/mol. The largest absolute Gasteiger partial charge is 0.488 e. The number of nitrogens with zero attached hydrogens (tertiary/aromatic N) is 1. The third-order valence-electron chi connectivity index (χ3n) is 4.86. The Morgan fingerprint density at radius 2 is 1.74 bits per heavy atom.